The second-order valence-corrected chi connectivity index (χ2v) is 10.2. The molecule has 4 heterocycles. The minimum absolute atomic E-state index is 1.02. The molecule has 0 fully saturated rings. The lowest BCUT2D eigenvalue weighted by Crippen LogP contribution is -1.90. The Morgan fingerprint density at radius 2 is 1.45 bits per heavy atom. The number of nitrogens with zero attached hydrogens (tertiary/aromatic N) is 2. The van der Waals surface area contributed by atoms with Crippen LogP contribution < -0.4 is 0 Å². The molecule has 4 heteroatoms. The zero-order chi connectivity index (χ0) is 20.1. The number of hydrogen-bond acceptors (Lipinski definition) is 3. The number of pyridine rings is 1. The Bertz CT molecular complexity index is 2000. The van der Waals surface area contributed by atoms with Gasteiger partial charge in [-0.2, -0.15) is 0 Å². The molecule has 0 spiro atoms. The Labute approximate surface area is 184 Å². The lowest BCUT2D eigenvalue weighted by molar-refractivity contribution is 1.28. The monoisotopic (exact) mass is 430 g/mol. The van der Waals surface area contributed by atoms with Crippen LogP contribution in [0.3, 0.4) is 0 Å². The standard InChI is InChI=1S/C27H14N2S2/c1-2-7-18-15(5-1)19-13-20-24(14-21(19)29-12-11-28-27(18)29)30-23-10-9-17-16-6-3-4-8-22(16)31-26(17)25(20)23/h1-14H. The van der Waals surface area contributed by atoms with Gasteiger partial charge in [-0.15, -0.1) is 22.7 Å². The maximum Gasteiger partial charge on any atom is 0.145 e. The summed E-state index contributed by atoms with van der Waals surface area (Å²) in [5.41, 5.74) is 2.24. The summed E-state index contributed by atoms with van der Waals surface area (Å²) in [7, 11) is 0. The lowest BCUT2D eigenvalue weighted by atomic mass is 10.0. The van der Waals surface area contributed by atoms with Crippen molar-refractivity contribution in [2.24, 2.45) is 0 Å². The fourth-order valence-electron chi connectivity index (χ4n) is 5.10. The summed E-state index contributed by atoms with van der Waals surface area (Å²) in [6, 6.07) is 26.8. The lowest BCUT2D eigenvalue weighted by Gasteiger charge is -2.08. The fourth-order valence-corrected chi connectivity index (χ4v) is 7.56. The van der Waals surface area contributed by atoms with Gasteiger partial charge in [-0.1, -0.05) is 48.5 Å². The predicted molar refractivity (Wildman–Crippen MR) is 136 cm³/mol. The van der Waals surface area contributed by atoms with Gasteiger partial charge in [-0.05, 0) is 29.7 Å². The summed E-state index contributed by atoms with van der Waals surface area (Å²) in [4.78, 5) is 4.65. The van der Waals surface area contributed by atoms with E-state index in [0.29, 0.717) is 0 Å². The van der Waals surface area contributed by atoms with E-state index < -0.39 is 0 Å². The smallest absolute Gasteiger partial charge is 0.145 e. The average molecular weight is 431 g/mol. The number of thiophene rings is 2. The van der Waals surface area contributed by atoms with Crippen LogP contribution in [-0.2, 0) is 0 Å². The molecule has 8 aromatic rings. The number of fused-ring (bicyclic) bond motifs is 13. The molecule has 0 saturated heterocycles. The Morgan fingerprint density at radius 1 is 0.613 bits per heavy atom. The van der Waals surface area contributed by atoms with E-state index in [4.69, 9.17) is 0 Å². The van der Waals surface area contributed by atoms with Crippen LogP contribution in [0, 0.1) is 0 Å². The SMILES string of the molecule is c1ccc2c(c1)sc1c2ccc2sc3cc4c(cc3c21)c1ccccc1c1nccn41. The molecule has 4 aromatic carbocycles. The Kier molecular flexibility index (Phi) is 2.94. The van der Waals surface area contributed by atoms with E-state index >= 15 is 0 Å². The van der Waals surface area contributed by atoms with Gasteiger partial charge in [0.15, 0.2) is 0 Å². The Hall–Kier alpha value is -3.47. The molecule has 0 N–H and O–H groups in total. The van der Waals surface area contributed by atoms with Gasteiger partial charge in [0.2, 0.25) is 0 Å². The largest absolute Gasteiger partial charge is 0.299 e. The highest BCUT2D eigenvalue weighted by molar-refractivity contribution is 7.29. The van der Waals surface area contributed by atoms with Crippen molar-refractivity contribution >= 4 is 90.3 Å². The molecular weight excluding hydrogens is 416 g/mol. The fraction of sp³-hybridized carbons (Fsp3) is 0. The minimum atomic E-state index is 1.02. The quantitative estimate of drug-likeness (QED) is 0.221. The van der Waals surface area contributed by atoms with E-state index in [9.17, 15) is 0 Å². The van der Waals surface area contributed by atoms with Gasteiger partial charge in [-0.3, -0.25) is 4.40 Å². The third kappa shape index (κ3) is 1.99. The number of rotatable bonds is 0. The predicted octanol–water partition coefficient (Wildman–Crippen LogP) is 8.38. The number of aromatic nitrogens is 2. The minimum Gasteiger partial charge on any atom is -0.299 e. The van der Waals surface area contributed by atoms with Gasteiger partial charge >= 0.3 is 0 Å². The molecular formula is C27H14N2S2. The summed E-state index contributed by atoms with van der Waals surface area (Å²) >= 11 is 3.81. The summed E-state index contributed by atoms with van der Waals surface area (Å²) < 4.78 is 7.68. The number of imidazole rings is 1. The van der Waals surface area contributed by atoms with Gasteiger partial charge < -0.3 is 0 Å². The average Bonchev–Trinajstić information content (AvgIpc) is 3.52. The normalized spacial score (nSPS) is 12.5. The van der Waals surface area contributed by atoms with Gasteiger partial charge in [0.25, 0.3) is 0 Å². The molecule has 0 aliphatic heterocycles. The molecule has 0 saturated carbocycles. The first-order valence-electron chi connectivity index (χ1n) is 10.3. The van der Waals surface area contributed by atoms with Crippen molar-refractivity contribution in [2.45, 2.75) is 0 Å². The second-order valence-electron chi connectivity index (χ2n) is 8.05. The molecule has 31 heavy (non-hydrogen) atoms. The molecule has 0 bridgehead atoms. The van der Waals surface area contributed by atoms with Crippen LogP contribution in [0.1, 0.15) is 0 Å². The first kappa shape index (κ1) is 16.3. The van der Waals surface area contributed by atoms with Crippen LogP contribution in [0.5, 0.6) is 0 Å². The molecule has 0 aliphatic rings. The summed E-state index contributed by atoms with van der Waals surface area (Å²) in [5.74, 6) is 0. The van der Waals surface area contributed by atoms with Gasteiger partial charge in [-0.25, -0.2) is 4.98 Å². The highest BCUT2D eigenvalue weighted by Crippen LogP contribution is 2.45. The van der Waals surface area contributed by atoms with Crippen LogP contribution in [0.15, 0.2) is 85.2 Å². The zero-order valence-electron chi connectivity index (χ0n) is 16.3. The van der Waals surface area contributed by atoms with Crippen molar-refractivity contribution in [1.29, 1.82) is 0 Å². The third-order valence-electron chi connectivity index (χ3n) is 6.45. The zero-order valence-corrected chi connectivity index (χ0v) is 17.9. The van der Waals surface area contributed by atoms with Crippen molar-refractivity contribution in [1.82, 2.24) is 9.38 Å². The molecule has 0 radical (unpaired) electrons. The molecule has 144 valence electrons. The maximum absolute atomic E-state index is 4.65. The summed E-state index contributed by atoms with van der Waals surface area (Å²) in [5, 5.41) is 9.22. The summed E-state index contributed by atoms with van der Waals surface area (Å²) in [6.45, 7) is 0. The molecule has 8 rings (SSSR count). The van der Waals surface area contributed by atoms with E-state index in [-0.39, 0.29) is 0 Å². The molecule has 0 atom stereocenters. The van der Waals surface area contributed by atoms with Gasteiger partial charge in [0.1, 0.15) is 5.65 Å². The second kappa shape index (κ2) is 5.61. The first-order valence-corrected chi connectivity index (χ1v) is 11.9. The van der Waals surface area contributed by atoms with Crippen LogP contribution in [0.25, 0.3) is 67.7 Å². The van der Waals surface area contributed by atoms with Crippen LogP contribution in [0.2, 0.25) is 0 Å². The number of hydrogen-bond donors (Lipinski definition) is 0. The molecule has 0 amide bonds. The molecule has 2 nitrogen and oxygen atoms in total. The van der Waals surface area contributed by atoms with Crippen LogP contribution in [0.4, 0.5) is 0 Å². The van der Waals surface area contributed by atoms with E-state index in [1.165, 1.54) is 62.0 Å². The van der Waals surface area contributed by atoms with E-state index in [1.54, 1.807) is 0 Å². The van der Waals surface area contributed by atoms with Crippen molar-refractivity contribution in [3.63, 3.8) is 0 Å². The third-order valence-corrected chi connectivity index (χ3v) is 8.78. The van der Waals surface area contributed by atoms with Gasteiger partial charge in [0.05, 0.1) is 5.52 Å². The molecule has 0 aliphatic carbocycles. The van der Waals surface area contributed by atoms with Gasteiger partial charge in [0, 0.05) is 63.5 Å². The van der Waals surface area contributed by atoms with Crippen molar-refractivity contribution < 1.29 is 0 Å². The Morgan fingerprint density at radius 3 is 2.39 bits per heavy atom. The van der Waals surface area contributed by atoms with Crippen LogP contribution in [-0.4, -0.2) is 9.38 Å². The molecule has 4 aromatic heterocycles. The van der Waals surface area contributed by atoms with E-state index in [2.05, 4.69) is 88.4 Å². The van der Waals surface area contributed by atoms with E-state index in [1.807, 2.05) is 28.9 Å². The summed E-state index contributed by atoms with van der Waals surface area (Å²) in [6.07, 6.45) is 3.98. The van der Waals surface area contributed by atoms with Crippen LogP contribution >= 0.6 is 22.7 Å². The van der Waals surface area contributed by atoms with E-state index in [0.717, 1.165) is 5.65 Å². The highest BCUT2D eigenvalue weighted by Gasteiger charge is 2.16. The Balaban J connectivity index is 1.65. The van der Waals surface area contributed by atoms with Crippen molar-refractivity contribution in [2.75, 3.05) is 0 Å². The van der Waals surface area contributed by atoms with Crippen molar-refractivity contribution in [3.05, 3.63) is 85.2 Å². The molecule has 0 unspecified atom stereocenters. The van der Waals surface area contributed by atoms with Crippen molar-refractivity contribution in [3.8, 4) is 0 Å². The number of benzene rings is 4. The first-order chi connectivity index (χ1) is 15.4. The topological polar surface area (TPSA) is 17.3 Å². The maximum atomic E-state index is 4.65. The highest BCUT2D eigenvalue weighted by atomic mass is 32.1.